The van der Waals surface area contributed by atoms with Crippen molar-refractivity contribution in [2.75, 3.05) is 11.4 Å². The summed E-state index contributed by atoms with van der Waals surface area (Å²) in [5.74, 6) is -0.0968. The summed E-state index contributed by atoms with van der Waals surface area (Å²) in [4.78, 5) is 23.1. The summed E-state index contributed by atoms with van der Waals surface area (Å²) >= 11 is 5.86. The average molecular weight is 241 g/mol. The van der Waals surface area contributed by atoms with Crippen molar-refractivity contribution in [3.05, 3.63) is 34.4 Å². The third kappa shape index (κ3) is 1.99. The highest BCUT2D eigenvalue weighted by atomic mass is 35.5. The van der Waals surface area contributed by atoms with E-state index in [-0.39, 0.29) is 23.4 Å². The van der Waals surface area contributed by atoms with Crippen LogP contribution < -0.4 is 4.90 Å². The predicted octanol–water partition coefficient (Wildman–Crippen LogP) is 1.94. The fourth-order valence-electron chi connectivity index (χ4n) is 1.69. The molecule has 0 aliphatic carbocycles. The fraction of sp³-hybridized carbons (Fsp3) is 0.300. The van der Waals surface area contributed by atoms with Gasteiger partial charge in [0.15, 0.2) is 0 Å². The molecular weight excluding hydrogens is 232 g/mol. The van der Waals surface area contributed by atoms with Crippen LogP contribution in [0, 0.1) is 10.1 Å². The molecule has 2 rings (SSSR count). The molecule has 0 radical (unpaired) electrons. The Hall–Kier alpha value is -1.62. The number of anilines is 1. The first-order chi connectivity index (χ1) is 7.58. The minimum absolute atomic E-state index is 0.0247. The van der Waals surface area contributed by atoms with Crippen LogP contribution in [0.4, 0.5) is 11.4 Å². The SMILES string of the molecule is O=C1CC(Cl)CN1c1cccc([N+](=O)[O-])c1. The predicted molar refractivity (Wildman–Crippen MR) is 59.7 cm³/mol. The van der Waals surface area contributed by atoms with E-state index in [9.17, 15) is 14.9 Å². The number of hydrogen-bond donors (Lipinski definition) is 0. The lowest BCUT2D eigenvalue weighted by molar-refractivity contribution is -0.384. The van der Waals surface area contributed by atoms with Crippen LogP contribution in [0.2, 0.25) is 0 Å². The Bertz CT molecular complexity index is 449. The summed E-state index contributed by atoms with van der Waals surface area (Å²) in [6, 6.07) is 6.00. The van der Waals surface area contributed by atoms with Gasteiger partial charge in [0.25, 0.3) is 5.69 Å². The van der Waals surface area contributed by atoms with Crippen molar-refractivity contribution in [1.82, 2.24) is 0 Å². The summed E-state index contributed by atoms with van der Waals surface area (Å²) in [7, 11) is 0. The second kappa shape index (κ2) is 4.09. The minimum Gasteiger partial charge on any atom is -0.311 e. The van der Waals surface area contributed by atoms with Crippen molar-refractivity contribution in [2.24, 2.45) is 0 Å². The summed E-state index contributed by atoms with van der Waals surface area (Å²) in [5, 5.41) is 10.4. The molecule has 1 heterocycles. The van der Waals surface area contributed by atoms with E-state index in [1.807, 2.05) is 0 Å². The molecule has 0 saturated carbocycles. The van der Waals surface area contributed by atoms with Crippen LogP contribution in [0.3, 0.4) is 0 Å². The molecule has 0 spiro atoms. The zero-order valence-corrected chi connectivity index (χ0v) is 9.05. The van der Waals surface area contributed by atoms with Crippen molar-refractivity contribution < 1.29 is 9.72 Å². The number of amides is 1. The molecule has 1 aromatic carbocycles. The average Bonchev–Trinajstić information content (AvgIpc) is 2.58. The molecule has 6 heteroatoms. The maximum Gasteiger partial charge on any atom is 0.271 e. The van der Waals surface area contributed by atoms with Gasteiger partial charge in [-0.25, -0.2) is 0 Å². The molecule has 1 unspecified atom stereocenters. The number of carbonyl (C=O) groups excluding carboxylic acids is 1. The number of hydrogen-bond acceptors (Lipinski definition) is 3. The Balaban J connectivity index is 2.30. The number of rotatable bonds is 2. The highest BCUT2D eigenvalue weighted by molar-refractivity contribution is 6.24. The number of benzene rings is 1. The maximum absolute atomic E-state index is 11.5. The van der Waals surface area contributed by atoms with Gasteiger partial charge in [0.05, 0.1) is 16.0 Å². The van der Waals surface area contributed by atoms with Gasteiger partial charge in [0.2, 0.25) is 5.91 Å². The molecule has 84 valence electrons. The number of alkyl halides is 1. The zero-order valence-electron chi connectivity index (χ0n) is 8.30. The molecular formula is C10H9ClN2O3. The van der Waals surface area contributed by atoms with Crippen LogP contribution in [0.15, 0.2) is 24.3 Å². The Morgan fingerprint density at radius 3 is 2.81 bits per heavy atom. The molecule has 0 bridgehead atoms. The Kier molecular flexibility index (Phi) is 2.78. The van der Waals surface area contributed by atoms with E-state index in [2.05, 4.69) is 0 Å². The molecule has 16 heavy (non-hydrogen) atoms. The number of non-ortho nitro benzene ring substituents is 1. The van der Waals surface area contributed by atoms with Crippen LogP contribution in [-0.4, -0.2) is 22.8 Å². The smallest absolute Gasteiger partial charge is 0.271 e. The molecule has 0 N–H and O–H groups in total. The van der Waals surface area contributed by atoms with E-state index in [1.165, 1.54) is 17.0 Å². The highest BCUT2D eigenvalue weighted by Crippen LogP contribution is 2.26. The standard InChI is InChI=1S/C10H9ClN2O3/c11-7-4-10(14)12(6-7)8-2-1-3-9(5-8)13(15)16/h1-3,5,7H,4,6H2. The van der Waals surface area contributed by atoms with Crippen LogP contribution >= 0.6 is 11.6 Å². The molecule has 1 aliphatic rings. The molecule has 5 nitrogen and oxygen atoms in total. The van der Waals surface area contributed by atoms with E-state index in [4.69, 9.17) is 11.6 Å². The van der Waals surface area contributed by atoms with E-state index in [0.29, 0.717) is 12.2 Å². The van der Waals surface area contributed by atoms with Gasteiger partial charge in [-0.15, -0.1) is 11.6 Å². The van der Waals surface area contributed by atoms with Crippen molar-refractivity contribution in [3.8, 4) is 0 Å². The van der Waals surface area contributed by atoms with Crippen LogP contribution in [0.25, 0.3) is 0 Å². The van der Waals surface area contributed by atoms with Gasteiger partial charge in [-0.3, -0.25) is 14.9 Å². The Morgan fingerprint density at radius 2 is 2.25 bits per heavy atom. The van der Waals surface area contributed by atoms with Gasteiger partial charge in [-0.1, -0.05) is 6.07 Å². The lowest BCUT2D eigenvalue weighted by atomic mass is 10.2. The number of halogens is 1. The highest BCUT2D eigenvalue weighted by Gasteiger charge is 2.29. The lowest BCUT2D eigenvalue weighted by Crippen LogP contribution is -2.24. The topological polar surface area (TPSA) is 63.5 Å². The third-order valence-corrected chi connectivity index (χ3v) is 2.72. The van der Waals surface area contributed by atoms with Gasteiger partial charge in [-0.2, -0.15) is 0 Å². The number of nitrogens with zero attached hydrogens (tertiary/aromatic N) is 2. The van der Waals surface area contributed by atoms with Gasteiger partial charge in [-0.05, 0) is 6.07 Å². The largest absolute Gasteiger partial charge is 0.311 e. The lowest BCUT2D eigenvalue weighted by Gasteiger charge is -2.15. The van der Waals surface area contributed by atoms with Gasteiger partial charge >= 0.3 is 0 Å². The zero-order chi connectivity index (χ0) is 11.7. The number of nitro groups is 1. The maximum atomic E-state index is 11.5. The van der Waals surface area contributed by atoms with Gasteiger partial charge in [0, 0.05) is 25.1 Å². The summed E-state index contributed by atoms with van der Waals surface area (Å²) in [5.41, 5.74) is 0.505. The quantitative estimate of drug-likeness (QED) is 0.451. The normalized spacial score (nSPS) is 20.2. The van der Waals surface area contributed by atoms with E-state index in [0.717, 1.165) is 0 Å². The monoisotopic (exact) mass is 240 g/mol. The summed E-state index contributed by atoms with van der Waals surface area (Å²) in [6.45, 7) is 0.404. The van der Waals surface area contributed by atoms with Crippen molar-refractivity contribution in [2.45, 2.75) is 11.8 Å². The Morgan fingerprint density at radius 1 is 1.50 bits per heavy atom. The molecule has 1 atom stereocenters. The van der Waals surface area contributed by atoms with Crippen molar-refractivity contribution >= 4 is 28.9 Å². The first-order valence-corrected chi connectivity index (χ1v) is 5.20. The summed E-state index contributed by atoms with van der Waals surface area (Å²) < 4.78 is 0. The Labute approximate surface area is 96.8 Å². The number of nitro benzene ring substituents is 1. The second-order valence-corrected chi connectivity index (χ2v) is 4.20. The first kappa shape index (κ1) is 10.9. The van der Waals surface area contributed by atoms with Gasteiger partial charge < -0.3 is 4.90 Å². The van der Waals surface area contributed by atoms with Crippen LogP contribution in [0.5, 0.6) is 0 Å². The van der Waals surface area contributed by atoms with Crippen LogP contribution in [-0.2, 0) is 4.79 Å². The third-order valence-electron chi connectivity index (χ3n) is 2.43. The molecule has 0 aromatic heterocycles. The molecule has 1 amide bonds. The fourth-order valence-corrected chi connectivity index (χ4v) is 1.96. The molecule has 1 fully saturated rings. The van der Waals surface area contributed by atoms with E-state index in [1.54, 1.807) is 12.1 Å². The summed E-state index contributed by atoms with van der Waals surface area (Å²) in [6.07, 6.45) is 0.282. The number of carbonyl (C=O) groups is 1. The van der Waals surface area contributed by atoms with Crippen molar-refractivity contribution in [1.29, 1.82) is 0 Å². The van der Waals surface area contributed by atoms with Crippen LogP contribution in [0.1, 0.15) is 6.42 Å². The van der Waals surface area contributed by atoms with Gasteiger partial charge in [0.1, 0.15) is 0 Å². The van der Waals surface area contributed by atoms with Crippen molar-refractivity contribution in [3.63, 3.8) is 0 Å². The minimum atomic E-state index is -0.484. The first-order valence-electron chi connectivity index (χ1n) is 4.77. The second-order valence-electron chi connectivity index (χ2n) is 3.58. The van der Waals surface area contributed by atoms with E-state index >= 15 is 0 Å². The molecule has 1 saturated heterocycles. The molecule has 1 aromatic rings. The molecule has 1 aliphatic heterocycles. The van der Waals surface area contributed by atoms with E-state index < -0.39 is 4.92 Å².